The van der Waals surface area contributed by atoms with E-state index in [1.807, 2.05) is 44.2 Å². The van der Waals surface area contributed by atoms with Crippen LogP contribution in [0.3, 0.4) is 0 Å². The lowest BCUT2D eigenvalue weighted by molar-refractivity contribution is -0.141. The van der Waals surface area contributed by atoms with Crippen molar-refractivity contribution in [3.05, 3.63) is 108 Å². The van der Waals surface area contributed by atoms with E-state index in [0.717, 1.165) is 37.1 Å². The van der Waals surface area contributed by atoms with Gasteiger partial charge in [0.25, 0.3) is 11.8 Å². The zero-order valence-electron chi connectivity index (χ0n) is 48.8. The SMILES string of the molecule is CCOP(=O)(COc1ccc2c(c1)c(C(N)=O)cn2CC(=O)N1C2CCC(C2)[C@H]1C(=O)Nc1cccc(C)n1)OCC.CCOP(=O)(COc1ccc2c(c1)c(C(N)=O)cn2CC(=O)O)OCC.Cc1cccc(NC(=O)[C@H]2NC3CCC2C3)n1.Cl. The normalized spacial score (nSPS) is 19.2. The number of pyridine rings is 2. The van der Waals surface area contributed by atoms with Crippen LogP contribution in [0.5, 0.6) is 11.5 Å². The number of amides is 5. The number of aliphatic carboxylic acids is 1. The molecule has 8 N–H and O–H groups in total. The summed E-state index contributed by atoms with van der Waals surface area (Å²) in [4.78, 5) is 84.6. The topological polar surface area (TPSA) is 339 Å². The van der Waals surface area contributed by atoms with Gasteiger partial charge in [0.15, 0.2) is 12.7 Å². The first kappa shape index (κ1) is 66.3. The number of carboxylic acid groups (broad SMARTS) is 1. The number of nitrogens with two attached hydrogens (primary N) is 2. The summed E-state index contributed by atoms with van der Waals surface area (Å²) in [5.74, 6) is -0.437. The zero-order chi connectivity index (χ0) is 61.2. The molecule has 86 heavy (non-hydrogen) atoms. The fourth-order valence-corrected chi connectivity index (χ4v) is 14.2. The van der Waals surface area contributed by atoms with Gasteiger partial charge in [-0.15, -0.1) is 12.4 Å². The molecular weight excluding hydrogens is 1170 g/mol. The Kier molecular flexibility index (Phi) is 22.7. The second-order valence-electron chi connectivity index (χ2n) is 21.0. The van der Waals surface area contributed by atoms with Gasteiger partial charge in [-0.1, -0.05) is 12.1 Å². The van der Waals surface area contributed by atoms with Crippen molar-refractivity contribution >= 4 is 96.5 Å². The second kappa shape index (κ2) is 29.5. The number of hydrogen-bond donors (Lipinski definition) is 6. The highest BCUT2D eigenvalue weighted by atomic mass is 35.5. The number of nitrogens with zero attached hydrogens (tertiary/aromatic N) is 5. The molecule has 464 valence electrons. The predicted octanol–water partition coefficient (Wildman–Crippen LogP) is 8.38. The van der Waals surface area contributed by atoms with Crippen molar-refractivity contribution in [3.8, 4) is 11.5 Å². The molecule has 2 aliphatic heterocycles. The van der Waals surface area contributed by atoms with Gasteiger partial charge in [-0.25, -0.2) is 9.97 Å². The van der Waals surface area contributed by atoms with E-state index in [-0.39, 0.29) is 111 Å². The molecule has 6 atom stereocenters. The molecule has 4 bridgehead atoms. The zero-order valence-corrected chi connectivity index (χ0v) is 51.4. The van der Waals surface area contributed by atoms with Gasteiger partial charge in [0.05, 0.1) is 43.6 Å². The monoisotopic (exact) mass is 1250 g/mol. The van der Waals surface area contributed by atoms with Crippen LogP contribution in [0.25, 0.3) is 21.8 Å². The molecule has 2 aromatic carbocycles. The highest BCUT2D eigenvalue weighted by Crippen LogP contribution is 2.49. The molecule has 0 radical (unpaired) electrons. The van der Waals surface area contributed by atoms with Gasteiger partial charge in [0, 0.05) is 57.7 Å². The number of rotatable bonds is 24. The van der Waals surface area contributed by atoms with Crippen molar-refractivity contribution in [2.45, 2.75) is 117 Å². The molecule has 4 aromatic heterocycles. The molecule has 28 heteroatoms. The number of nitrogens with one attached hydrogen (secondary N) is 3. The summed E-state index contributed by atoms with van der Waals surface area (Å²) in [6, 6.07) is 20.7. The summed E-state index contributed by atoms with van der Waals surface area (Å²) in [6.07, 6.45) is 8.39. The van der Waals surface area contributed by atoms with Gasteiger partial charge < -0.3 is 74.1 Å². The predicted molar refractivity (Wildman–Crippen MR) is 324 cm³/mol. The third-order valence-corrected chi connectivity index (χ3v) is 18.5. The minimum atomic E-state index is -3.45. The standard InChI is InChI=1S/C29H36N5O7P.C16H21N2O7P.C13H17N3O.ClH/c1-4-40-42(38,41-5-2)17-39-21-11-12-24-22(14-21)23(28(30)36)15-33(24)16-26(35)34-20-10-9-19(13-20)27(34)29(37)32-25-8-6-7-18(3)31-25;1-3-24-26(22,25-4-2)10-23-11-5-6-14-12(7-11)13(16(17)21)8-18(14)9-15(19)20;1-8-3-2-4-11(14-8)16-13(17)12-9-5-6-10(7-9)15-12;/h6-8,11-12,14-15,19-20,27H,4-5,9-10,13,16-17H2,1-3H3,(H2,30,36)(H,31,32,37);5-8H,3-4,9-10H2,1-2H3,(H2,17,21)(H,19,20);2-4,9-10,12,15H,5-7H2,1H3,(H,14,16,17);1H/t19?,20?,27-;;9?,10?,12-;/m0.0./s1. The number of anilines is 2. The summed E-state index contributed by atoms with van der Waals surface area (Å²) in [6.45, 7) is 11.0. The van der Waals surface area contributed by atoms with Gasteiger partial charge in [-0.05, 0) is 153 Å². The van der Waals surface area contributed by atoms with Crippen molar-refractivity contribution in [2.24, 2.45) is 23.3 Å². The number of aryl methyl sites for hydroxylation is 2. The average Bonchev–Trinajstić information content (AvgIpc) is 1.86. The fourth-order valence-electron chi connectivity index (χ4n) is 11.5. The van der Waals surface area contributed by atoms with E-state index in [2.05, 4.69) is 25.9 Å². The molecule has 2 aliphatic carbocycles. The summed E-state index contributed by atoms with van der Waals surface area (Å²) >= 11 is 0. The minimum Gasteiger partial charge on any atom is -0.481 e. The molecule has 2 saturated heterocycles. The van der Waals surface area contributed by atoms with E-state index in [4.69, 9.17) is 44.1 Å². The van der Waals surface area contributed by atoms with E-state index >= 15 is 0 Å². The van der Waals surface area contributed by atoms with Crippen LogP contribution in [0.2, 0.25) is 0 Å². The molecule has 4 fully saturated rings. The molecule has 4 aliphatic rings. The Morgan fingerprint density at radius 2 is 1.12 bits per heavy atom. The van der Waals surface area contributed by atoms with Crippen LogP contribution in [0.4, 0.5) is 11.6 Å². The maximum Gasteiger partial charge on any atom is 0.367 e. The lowest BCUT2D eigenvalue weighted by atomic mass is 9.97. The van der Waals surface area contributed by atoms with E-state index in [1.54, 1.807) is 79.8 Å². The first-order valence-electron chi connectivity index (χ1n) is 28.3. The van der Waals surface area contributed by atoms with Crippen molar-refractivity contribution in [2.75, 3.05) is 49.8 Å². The highest BCUT2D eigenvalue weighted by molar-refractivity contribution is 7.53. The number of carbonyl (C=O) groups is 6. The van der Waals surface area contributed by atoms with Crippen molar-refractivity contribution < 1.29 is 70.6 Å². The van der Waals surface area contributed by atoms with Gasteiger partial charge >= 0.3 is 21.2 Å². The van der Waals surface area contributed by atoms with E-state index in [0.29, 0.717) is 56.9 Å². The third kappa shape index (κ3) is 16.2. The quantitative estimate of drug-likeness (QED) is 0.0310. The van der Waals surface area contributed by atoms with Crippen LogP contribution >= 0.6 is 27.6 Å². The number of fused-ring (bicyclic) bond motifs is 6. The number of carboxylic acids is 1. The second-order valence-corrected chi connectivity index (χ2v) is 24.9. The van der Waals surface area contributed by atoms with Crippen LogP contribution < -0.4 is 36.9 Å². The molecule has 6 heterocycles. The summed E-state index contributed by atoms with van der Waals surface area (Å²) in [7, 11) is -6.84. The van der Waals surface area contributed by atoms with Crippen molar-refractivity contribution in [3.63, 3.8) is 0 Å². The Labute approximate surface area is 504 Å². The number of ether oxygens (including phenoxy) is 2. The van der Waals surface area contributed by atoms with Gasteiger partial charge in [0.2, 0.25) is 17.7 Å². The van der Waals surface area contributed by atoms with Crippen LogP contribution in [0.15, 0.2) is 85.2 Å². The Morgan fingerprint density at radius 1 is 0.640 bits per heavy atom. The first-order valence-corrected chi connectivity index (χ1v) is 31.7. The lowest BCUT2D eigenvalue weighted by Crippen LogP contribution is -2.51. The van der Waals surface area contributed by atoms with E-state index in [9.17, 15) is 37.9 Å². The molecule has 0 spiro atoms. The van der Waals surface area contributed by atoms with Crippen LogP contribution in [0.1, 0.15) is 98.3 Å². The van der Waals surface area contributed by atoms with Gasteiger partial charge in [-0.2, -0.15) is 0 Å². The number of aromatic nitrogens is 4. The number of likely N-dealkylation sites (tertiary alicyclic amines) is 1. The van der Waals surface area contributed by atoms with Crippen LogP contribution in [-0.2, 0) is 59.5 Å². The Morgan fingerprint density at radius 3 is 1.55 bits per heavy atom. The maximum atomic E-state index is 13.8. The first-order chi connectivity index (χ1) is 40.6. The number of carbonyl (C=O) groups excluding carboxylic acids is 5. The van der Waals surface area contributed by atoms with Crippen LogP contribution in [0, 0.1) is 25.7 Å². The third-order valence-electron chi connectivity index (χ3n) is 15.0. The largest absolute Gasteiger partial charge is 0.481 e. The Hall–Kier alpha value is -7.21. The van der Waals surface area contributed by atoms with E-state index in [1.165, 1.54) is 29.7 Å². The highest BCUT2D eigenvalue weighted by Gasteiger charge is 2.51. The maximum absolute atomic E-state index is 13.8. The van der Waals surface area contributed by atoms with Crippen molar-refractivity contribution in [1.29, 1.82) is 0 Å². The number of benzene rings is 2. The number of primary amides is 2. The Bertz CT molecular complexity index is 3530. The van der Waals surface area contributed by atoms with Gasteiger partial charge in [-0.3, -0.25) is 37.9 Å². The molecule has 2 saturated carbocycles. The molecule has 25 nitrogen and oxygen atoms in total. The van der Waals surface area contributed by atoms with Crippen molar-refractivity contribution in [1.82, 2.24) is 29.3 Å². The minimum absolute atomic E-state index is 0. The number of halogens is 1. The van der Waals surface area contributed by atoms with Crippen LogP contribution in [-0.4, -0.2) is 128 Å². The Balaban J connectivity index is 0.000000204. The fraction of sp³-hybridized carbons (Fsp3) is 0.448. The van der Waals surface area contributed by atoms with E-state index < -0.39 is 39.0 Å². The molecule has 4 unspecified atom stereocenters. The number of hydrogen-bond acceptors (Lipinski definition) is 17. The average molecular weight is 1250 g/mol. The molecule has 6 aromatic rings. The summed E-state index contributed by atoms with van der Waals surface area (Å²) < 4.78 is 60.4. The van der Waals surface area contributed by atoms with Gasteiger partial charge in [0.1, 0.15) is 42.3 Å². The molecule has 5 amide bonds. The lowest BCUT2D eigenvalue weighted by Gasteiger charge is -2.34. The molecular formula is C58H75ClN10O15P2. The smallest absolute Gasteiger partial charge is 0.367 e. The summed E-state index contributed by atoms with van der Waals surface area (Å²) in [5.41, 5.74) is 14.3. The number of piperidine rings is 2. The molecule has 10 rings (SSSR count). The summed E-state index contributed by atoms with van der Waals surface area (Å²) in [5, 5.41) is 19.1.